The van der Waals surface area contributed by atoms with Gasteiger partial charge in [-0.05, 0) is 48.0 Å². The minimum atomic E-state index is -0.427. The second-order valence-corrected chi connectivity index (χ2v) is 8.13. The van der Waals surface area contributed by atoms with Crippen molar-refractivity contribution in [1.82, 2.24) is 0 Å². The molecule has 3 nitrogen and oxygen atoms in total. The summed E-state index contributed by atoms with van der Waals surface area (Å²) in [4.78, 5) is 24.3. The predicted octanol–water partition coefficient (Wildman–Crippen LogP) is 4.70. The lowest BCUT2D eigenvalue weighted by Gasteiger charge is -2.40. The molecular formula is C20H32O3. The van der Waals surface area contributed by atoms with Gasteiger partial charge in [0, 0.05) is 6.42 Å². The summed E-state index contributed by atoms with van der Waals surface area (Å²) in [6, 6.07) is 0. The molecule has 3 atom stereocenters. The lowest BCUT2D eigenvalue weighted by Crippen LogP contribution is -2.35. The molecule has 3 heteroatoms. The number of allylic oxidation sites excluding steroid dienone is 1. The minimum absolute atomic E-state index is 0.00861. The van der Waals surface area contributed by atoms with Gasteiger partial charge in [0.05, 0.1) is 7.11 Å². The summed E-state index contributed by atoms with van der Waals surface area (Å²) in [5.41, 5.74) is 1.47. The van der Waals surface area contributed by atoms with Crippen LogP contribution in [0.5, 0.6) is 0 Å². The van der Waals surface area contributed by atoms with Crippen LogP contribution in [0.4, 0.5) is 0 Å². The van der Waals surface area contributed by atoms with Gasteiger partial charge < -0.3 is 4.74 Å². The Morgan fingerprint density at radius 3 is 2.57 bits per heavy atom. The van der Waals surface area contributed by atoms with Crippen LogP contribution in [-0.2, 0) is 14.3 Å². The van der Waals surface area contributed by atoms with E-state index in [1.165, 1.54) is 26.4 Å². The first-order valence-electron chi connectivity index (χ1n) is 9.16. The van der Waals surface area contributed by atoms with Gasteiger partial charge in [-0.2, -0.15) is 0 Å². The van der Waals surface area contributed by atoms with Crippen LogP contribution in [0.2, 0.25) is 0 Å². The third kappa shape index (κ3) is 3.54. The van der Waals surface area contributed by atoms with Crippen molar-refractivity contribution in [1.29, 1.82) is 0 Å². The number of methoxy groups -OCH3 is 1. The van der Waals surface area contributed by atoms with E-state index < -0.39 is 5.97 Å². The number of ketones is 1. The molecule has 0 amide bonds. The van der Waals surface area contributed by atoms with Crippen molar-refractivity contribution in [3.8, 4) is 0 Å². The highest BCUT2D eigenvalue weighted by Crippen LogP contribution is 2.57. The summed E-state index contributed by atoms with van der Waals surface area (Å²) < 4.78 is 4.88. The molecular weight excluding hydrogens is 288 g/mol. The number of hydrogen-bond donors (Lipinski definition) is 0. The van der Waals surface area contributed by atoms with Crippen LogP contribution < -0.4 is 0 Å². The van der Waals surface area contributed by atoms with Crippen molar-refractivity contribution < 1.29 is 14.3 Å². The molecule has 2 rings (SSSR count). The van der Waals surface area contributed by atoms with Gasteiger partial charge >= 0.3 is 5.97 Å². The maximum absolute atomic E-state index is 12.2. The fraction of sp³-hybridized carbons (Fsp3) is 0.800. The normalized spacial score (nSPS) is 29.0. The van der Waals surface area contributed by atoms with Gasteiger partial charge in [-0.1, -0.05) is 47.0 Å². The van der Waals surface area contributed by atoms with Gasteiger partial charge in [-0.15, -0.1) is 0 Å². The van der Waals surface area contributed by atoms with Crippen molar-refractivity contribution >= 4 is 11.8 Å². The average molecular weight is 320 g/mol. The molecule has 0 spiro atoms. The van der Waals surface area contributed by atoms with Crippen LogP contribution in [0, 0.1) is 23.2 Å². The van der Waals surface area contributed by atoms with Crippen LogP contribution in [0.15, 0.2) is 11.1 Å². The lowest BCUT2D eigenvalue weighted by molar-refractivity contribution is -0.138. The highest BCUT2D eigenvalue weighted by molar-refractivity contribution is 6.18. The molecule has 0 bridgehead atoms. The minimum Gasteiger partial charge on any atom is -0.465 e. The summed E-state index contributed by atoms with van der Waals surface area (Å²) in [7, 11) is 1.37. The Bertz CT molecular complexity index is 503. The van der Waals surface area contributed by atoms with Crippen LogP contribution in [-0.4, -0.2) is 18.9 Å². The molecule has 130 valence electrons. The van der Waals surface area contributed by atoms with E-state index in [0.717, 1.165) is 30.8 Å². The third-order valence-electron chi connectivity index (χ3n) is 6.18. The molecule has 23 heavy (non-hydrogen) atoms. The SMILES string of the molecule is COC(=O)C1=C2CC[C@@H]([C@@H](C)CCCC(C)C)[C@]2(C)CCC1=O. The van der Waals surface area contributed by atoms with E-state index >= 15 is 0 Å². The highest BCUT2D eigenvalue weighted by Gasteiger charge is 2.50. The van der Waals surface area contributed by atoms with Gasteiger partial charge in [-0.3, -0.25) is 4.79 Å². The fourth-order valence-electron chi connectivity index (χ4n) is 4.84. The Labute approximate surface area is 140 Å². The zero-order valence-electron chi connectivity index (χ0n) is 15.4. The molecule has 0 aromatic rings. The topological polar surface area (TPSA) is 43.4 Å². The Hall–Kier alpha value is -1.12. The second kappa shape index (κ2) is 7.19. The van der Waals surface area contributed by atoms with Crippen molar-refractivity contribution in [3.05, 3.63) is 11.1 Å². The number of esters is 1. The van der Waals surface area contributed by atoms with Crippen LogP contribution in [0.1, 0.15) is 72.6 Å². The molecule has 1 saturated carbocycles. The van der Waals surface area contributed by atoms with Gasteiger partial charge in [0.1, 0.15) is 5.57 Å². The number of carbonyl (C=O) groups is 2. The molecule has 1 fully saturated rings. The summed E-state index contributed by atoms with van der Waals surface area (Å²) in [6.45, 7) is 9.18. The number of carbonyl (C=O) groups excluding carboxylic acids is 2. The van der Waals surface area contributed by atoms with Crippen molar-refractivity contribution in [2.24, 2.45) is 23.2 Å². The first-order valence-corrected chi connectivity index (χ1v) is 9.16. The van der Waals surface area contributed by atoms with Crippen LogP contribution in [0.3, 0.4) is 0 Å². The first-order chi connectivity index (χ1) is 10.8. The molecule has 0 aromatic heterocycles. The Morgan fingerprint density at radius 2 is 1.96 bits per heavy atom. The molecule has 2 aliphatic carbocycles. The molecule has 2 aliphatic rings. The fourth-order valence-corrected chi connectivity index (χ4v) is 4.84. The standard InChI is InChI=1S/C20H32O3/c1-13(2)7-6-8-14(3)15-9-10-16-18(19(22)23-5)17(21)11-12-20(15,16)4/h13-15H,6-12H2,1-5H3/t14-,15-,20-/m0/s1. The van der Waals surface area contributed by atoms with E-state index in [1.54, 1.807) is 0 Å². The summed E-state index contributed by atoms with van der Waals surface area (Å²) >= 11 is 0. The van der Waals surface area contributed by atoms with E-state index in [9.17, 15) is 9.59 Å². The highest BCUT2D eigenvalue weighted by atomic mass is 16.5. The van der Waals surface area contributed by atoms with E-state index in [0.29, 0.717) is 23.8 Å². The number of ether oxygens (including phenoxy) is 1. The largest absolute Gasteiger partial charge is 0.465 e. The van der Waals surface area contributed by atoms with Gasteiger partial charge in [-0.25, -0.2) is 4.79 Å². The van der Waals surface area contributed by atoms with Crippen molar-refractivity contribution in [2.75, 3.05) is 7.11 Å². The van der Waals surface area contributed by atoms with E-state index in [1.807, 2.05) is 0 Å². The zero-order chi connectivity index (χ0) is 17.2. The van der Waals surface area contributed by atoms with Crippen LogP contribution >= 0.6 is 0 Å². The molecule has 0 unspecified atom stereocenters. The lowest BCUT2D eigenvalue weighted by atomic mass is 9.64. The quantitative estimate of drug-likeness (QED) is 0.526. The summed E-state index contributed by atoms with van der Waals surface area (Å²) in [5.74, 6) is 1.54. The number of hydrogen-bond acceptors (Lipinski definition) is 3. The van der Waals surface area contributed by atoms with Gasteiger partial charge in [0.15, 0.2) is 5.78 Å². The summed E-state index contributed by atoms with van der Waals surface area (Å²) in [6.07, 6.45) is 7.15. The number of rotatable bonds is 6. The van der Waals surface area contributed by atoms with E-state index in [2.05, 4.69) is 27.7 Å². The Morgan fingerprint density at radius 1 is 1.26 bits per heavy atom. The maximum atomic E-state index is 12.2. The molecule has 0 N–H and O–H groups in total. The average Bonchev–Trinajstić information content (AvgIpc) is 2.84. The van der Waals surface area contributed by atoms with Gasteiger partial charge in [0.25, 0.3) is 0 Å². The van der Waals surface area contributed by atoms with Crippen molar-refractivity contribution in [2.45, 2.75) is 72.6 Å². The Balaban J connectivity index is 2.19. The smallest absolute Gasteiger partial charge is 0.341 e. The molecule has 0 saturated heterocycles. The van der Waals surface area contributed by atoms with Crippen molar-refractivity contribution in [3.63, 3.8) is 0 Å². The zero-order valence-corrected chi connectivity index (χ0v) is 15.4. The molecule has 0 heterocycles. The maximum Gasteiger partial charge on any atom is 0.341 e. The molecule has 0 radical (unpaired) electrons. The summed E-state index contributed by atoms with van der Waals surface area (Å²) in [5, 5.41) is 0. The second-order valence-electron chi connectivity index (χ2n) is 8.13. The third-order valence-corrected chi connectivity index (χ3v) is 6.18. The molecule has 0 aromatic carbocycles. The number of Topliss-reactive ketones (excluding diaryl/α,β-unsaturated/α-hetero) is 1. The van der Waals surface area contributed by atoms with E-state index in [4.69, 9.17) is 4.74 Å². The Kier molecular flexibility index (Phi) is 5.70. The molecule has 0 aliphatic heterocycles. The van der Waals surface area contributed by atoms with Gasteiger partial charge in [0.2, 0.25) is 0 Å². The van der Waals surface area contributed by atoms with Crippen LogP contribution in [0.25, 0.3) is 0 Å². The van der Waals surface area contributed by atoms with E-state index in [-0.39, 0.29) is 11.2 Å². The number of fused-ring (bicyclic) bond motifs is 1. The monoisotopic (exact) mass is 320 g/mol. The first kappa shape index (κ1) is 18.2. The predicted molar refractivity (Wildman–Crippen MR) is 92.0 cm³/mol.